The van der Waals surface area contributed by atoms with Crippen molar-refractivity contribution in [2.24, 2.45) is 16.8 Å². The smallest absolute Gasteiger partial charge is 0.0664 e. The van der Waals surface area contributed by atoms with E-state index in [-0.39, 0.29) is 5.41 Å². The molecule has 1 heterocycles. The van der Waals surface area contributed by atoms with Gasteiger partial charge < -0.3 is 0 Å². The molecule has 3 atom stereocenters. The Morgan fingerprint density at radius 2 is 1.54 bits per heavy atom. The van der Waals surface area contributed by atoms with Gasteiger partial charge in [0.05, 0.1) is 5.70 Å². The number of rotatable bonds is 2. The van der Waals surface area contributed by atoms with Crippen LogP contribution in [0.2, 0.25) is 0 Å². The number of aliphatic imine (C=N–C) groups is 1. The van der Waals surface area contributed by atoms with Gasteiger partial charge in [-0.2, -0.15) is 0 Å². The van der Waals surface area contributed by atoms with Crippen molar-refractivity contribution in [2.75, 3.05) is 0 Å². The number of hydrogen-bond acceptors (Lipinski definition) is 1. The molecule has 1 nitrogen and oxygen atoms in total. The fraction of sp³-hybridized carbons (Fsp3) is 0.289. The van der Waals surface area contributed by atoms with E-state index in [1.54, 1.807) is 22.3 Å². The zero-order valence-electron chi connectivity index (χ0n) is 23.0. The Labute approximate surface area is 231 Å². The molecule has 2 unspecified atom stereocenters. The molecule has 0 bridgehead atoms. The minimum Gasteiger partial charge on any atom is -0.261 e. The largest absolute Gasteiger partial charge is 0.261 e. The molecule has 0 amide bonds. The van der Waals surface area contributed by atoms with Gasteiger partial charge in [-0.25, -0.2) is 0 Å². The van der Waals surface area contributed by atoms with Crippen LogP contribution in [0.15, 0.2) is 90.0 Å². The lowest BCUT2D eigenvalue weighted by atomic mass is 9.66. The van der Waals surface area contributed by atoms with Gasteiger partial charge in [-0.15, -0.1) is 0 Å². The summed E-state index contributed by atoms with van der Waals surface area (Å²) < 4.78 is 0. The normalized spacial score (nSPS) is 25.3. The van der Waals surface area contributed by atoms with Crippen molar-refractivity contribution >= 4 is 39.0 Å². The maximum atomic E-state index is 4.79. The van der Waals surface area contributed by atoms with Crippen molar-refractivity contribution in [1.82, 2.24) is 0 Å². The molecule has 0 fully saturated rings. The molecule has 1 heteroatoms. The number of fused-ring (bicyclic) bond motifs is 6. The molecule has 0 saturated carbocycles. The molecule has 0 saturated heterocycles. The van der Waals surface area contributed by atoms with Crippen molar-refractivity contribution in [1.29, 1.82) is 0 Å². The molecular weight excluding hydrogens is 470 g/mol. The van der Waals surface area contributed by atoms with Gasteiger partial charge in [0.1, 0.15) is 0 Å². The highest BCUT2D eigenvalue weighted by Gasteiger charge is 2.49. The van der Waals surface area contributed by atoms with E-state index in [2.05, 4.69) is 105 Å². The average Bonchev–Trinajstić information content (AvgIpc) is 3.08. The standard InChI is InChI=1S/C38H35N/c1-24-11-9-17-33-32(23-24)36-29-15-6-5-14-28(29)35(31-16-10-21-38(33,2)37(31)36)30-20-19-27(34-18-7-8-22-39-34)25-12-3-4-13-26(25)30/h3-6,9,12-15,17-20,22-24,33H,7-8,10-11,16,21H2,1-2H3/t24?,33?,38-/m0/s1. The Kier molecular flexibility index (Phi) is 5.14. The van der Waals surface area contributed by atoms with E-state index in [0.29, 0.717) is 11.8 Å². The summed E-state index contributed by atoms with van der Waals surface area (Å²) >= 11 is 0. The molecule has 4 aromatic rings. The van der Waals surface area contributed by atoms with Crippen LogP contribution in [0, 0.1) is 11.8 Å². The van der Waals surface area contributed by atoms with E-state index in [4.69, 9.17) is 4.99 Å². The third-order valence-electron chi connectivity index (χ3n) is 9.96. The highest BCUT2D eigenvalue weighted by molar-refractivity contribution is 6.13. The molecule has 0 aromatic heterocycles. The predicted molar refractivity (Wildman–Crippen MR) is 167 cm³/mol. The topological polar surface area (TPSA) is 12.4 Å². The third kappa shape index (κ3) is 3.29. The maximum absolute atomic E-state index is 4.79. The third-order valence-corrected chi connectivity index (χ3v) is 9.96. The zero-order valence-corrected chi connectivity index (χ0v) is 23.0. The van der Waals surface area contributed by atoms with Crippen molar-refractivity contribution in [3.63, 3.8) is 0 Å². The van der Waals surface area contributed by atoms with Gasteiger partial charge >= 0.3 is 0 Å². The molecule has 0 N–H and O–H groups in total. The van der Waals surface area contributed by atoms with Crippen LogP contribution in [0.25, 0.3) is 43.9 Å². The number of allylic oxidation sites excluding steroid dienone is 5. The van der Waals surface area contributed by atoms with Gasteiger partial charge in [0.25, 0.3) is 0 Å². The van der Waals surface area contributed by atoms with E-state index in [1.165, 1.54) is 51.1 Å². The first-order valence-corrected chi connectivity index (χ1v) is 14.9. The highest BCUT2D eigenvalue weighted by Crippen LogP contribution is 2.61. The molecule has 192 valence electrons. The van der Waals surface area contributed by atoms with E-state index in [0.717, 1.165) is 31.4 Å². The van der Waals surface area contributed by atoms with Gasteiger partial charge in [0.15, 0.2) is 0 Å². The molecule has 0 radical (unpaired) electrons. The summed E-state index contributed by atoms with van der Waals surface area (Å²) in [4.78, 5) is 4.79. The van der Waals surface area contributed by atoms with Crippen molar-refractivity contribution in [3.8, 4) is 11.1 Å². The Morgan fingerprint density at radius 1 is 0.821 bits per heavy atom. The quantitative estimate of drug-likeness (QED) is 0.240. The van der Waals surface area contributed by atoms with Crippen LogP contribution in [0.4, 0.5) is 0 Å². The molecule has 4 aromatic carbocycles. The van der Waals surface area contributed by atoms with Gasteiger partial charge in [0.2, 0.25) is 0 Å². The molecule has 8 rings (SSSR count). The average molecular weight is 506 g/mol. The second-order valence-electron chi connectivity index (χ2n) is 12.3. The van der Waals surface area contributed by atoms with E-state index in [1.807, 2.05) is 0 Å². The summed E-state index contributed by atoms with van der Waals surface area (Å²) in [5, 5.41) is 5.49. The van der Waals surface area contributed by atoms with Crippen LogP contribution < -0.4 is 0 Å². The van der Waals surface area contributed by atoms with Crippen molar-refractivity contribution < 1.29 is 0 Å². The van der Waals surface area contributed by atoms with E-state index in [9.17, 15) is 0 Å². The summed E-state index contributed by atoms with van der Waals surface area (Å²) in [7, 11) is 0. The SMILES string of the molecule is CC1C=C2c3c4c(c(-c5ccc(C6=CCCC=N6)c6ccccc56)c5ccccc35)CCC[C@@]4(C)C2C=CC1. The number of benzene rings is 4. The lowest BCUT2D eigenvalue weighted by molar-refractivity contribution is 0.363. The van der Waals surface area contributed by atoms with E-state index < -0.39 is 0 Å². The predicted octanol–water partition coefficient (Wildman–Crippen LogP) is 10.1. The summed E-state index contributed by atoms with van der Waals surface area (Å²) in [6.45, 7) is 4.94. The van der Waals surface area contributed by atoms with E-state index >= 15 is 0 Å². The Balaban J connectivity index is 1.48. The maximum Gasteiger partial charge on any atom is 0.0664 e. The molecule has 0 spiro atoms. The highest BCUT2D eigenvalue weighted by atomic mass is 14.7. The monoisotopic (exact) mass is 505 g/mol. The summed E-state index contributed by atoms with van der Waals surface area (Å²) in [5.41, 5.74) is 11.7. The molecule has 1 aliphatic heterocycles. The molecular formula is C38H35N. The summed E-state index contributed by atoms with van der Waals surface area (Å²) in [5.74, 6) is 1.05. The second-order valence-corrected chi connectivity index (χ2v) is 12.3. The van der Waals surface area contributed by atoms with Crippen molar-refractivity contribution in [3.05, 3.63) is 107 Å². The first-order valence-electron chi connectivity index (χ1n) is 14.9. The summed E-state index contributed by atoms with van der Waals surface area (Å²) in [6, 6.07) is 23.0. The van der Waals surface area contributed by atoms with Gasteiger partial charge in [0, 0.05) is 23.1 Å². The minimum absolute atomic E-state index is 0.158. The van der Waals surface area contributed by atoms with Crippen LogP contribution in [-0.2, 0) is 11.8 Å². The lowest BCUT2D eigenvalue weighted by Gasteiger charge is -2.37. The number of nitrogens with zero attached hydrogens (tertiary/aromatic N) is 1. The van der Waals surface area contributed by atoms with Crippen LogP contribution >= 0.6 is 0 Å². The number of hydrogen-bond donors (Lipinski definition) is 0. The van der Waals surface area contributed by atoms with Gasteiger partial charge in [-0.05, 0) is 99.4 Å². The van der Waals surface area contributed by atoms with Crippen LogP contribution in [0.3, 0.4) is 0 Å². The minimum atomic E-state index is 0.158. The molecule has 39 heavy (non-hydrogen) atoms. The first kappa shape index (κ1) is 23.2. The van der Waals surface area contributed by atoms with Gasteiger partial charge in [-0.1, -0.05) is 98.8 Å². The fourth-order valence-electron chi connectivity index (χ4n) is 8.28. The Morgan fingerprint density at radius 3 is 2.31 bits per heavy atom. The van der Waals surface area contributed by atoms with Crippen LogP contribution in [0.1, 0.15) is 68.2 Å². The molecule has 3 aliphatic carbocycles. The Hall–Kier alpha value is -3.71. The Bertz CT molecular complexity index is 1800. The van der Waals surface area contributed by atoms with Crippen LogP contribution in [-0.4, -0.2) is 6.21 Å². The molecule has 4 aliphatic rings. The lowest BCUT2D eigenvalue weighted by Crippen LogP contribution is -2.31. The fourth-order valence-corrected chi connectivity index (χ4v) is 8.28. The van der Waals surface area contributed by atoms with Crippen LogP contribution in [0.5, 0.6) is 0 Å². The van der Waals surface area contributed by atoms with Crippen molar-refractivity contribution in [2.45, 2.75) is 57.8 Å². The first-order chi connectivity index (χ1) is 19.1. The van der Waals surface area contributed by atoms with Gasteiger partial charge in [-0.3, -0.25) is 4.99 Å². The second kappa shape index (κ2) is 8.65. The zero-order chi connectivity index (χ0) is 26.1. The summed E-state index contributed by atoms with van der Waals surface area (Å²) in [6.07, 6.45) is 18.9.